The fourth-order valence-corrected chi connectivity index (χ4v) is 7.45. The minimum Gasteiger partial charge on any atom is -0.456 e. The second-order valence-corrected chi connectivity index (χ2v) is 13.6. The lowest BCUT2D eigenvalue weighted by atomic mass is 9.92. The van der Waals surface area contributed by atoms with Crippen LogP contribution < -0.4 is 0 Å². The predicted molar refractivity (Wildman–Crippen MR) is 225 cm³/mol. The van der Waals surface area contributed by atoms with Crippen molar-refractivity contribution in [1.29, 1.82) is 0 Å². The number of hydrogen-bond donors (Lipinski definition) is 0. The fourth-order valence-electron chi connectivity index (χ4n) is 7.45. The lowest BCUT2D eigenvalue weighted by Gasteiger charge is -2.11. The van der Waals surface area contributed by atoms with Gasteiger partial charge in [0.05, 0.1) is 0 Å². The molecule has 4 nitrogen and oxygen atoms in total. The summed E-state index contributed by atoms with van der Waals surface area (Å²) in [5.41, 5.74) is 13.6. The van der Waals surface area contributed by atoms with E-state index in [1.54, 1.807) is 0 Å². The quantitative estimate of drug-likeness (QED) is 0.166. The summed E-state index contributed by atoms with van der Waals surface area (Å²) in [6.07, 6.45) is 0. The molecule has 4 heteroatoms. The average molecular weight is 704 g/mol. The van der Waals surface area contributed by atoms with E-state index < -0.39 is 0 Å². The Hall–Kier alpha value is -7.43. The Morgan fingerprint density at radius 2 is 0.727 bits per heavy atom. The van der Waals surface area contributed by atoms with E-state index in [1.165, 1.54) is 22.3 Å². The van der Waals surface area contributed by atoms with E-state index in [-0.39, 0.29) is 0 Å². The molecule has 8 aromatic carbocycles. The largest absolute Gasteiger partial charge is 0.456 e. The maximum atomic E-state index is 6.57. The molecule has 0 saturated heterocycles. The summed E-state index contributed by atoms with van der Waals surface area (Å²) >= 11 is 0. The first-order valence-electron chi connectivity index (χ1n) is 18.4. The van der Waals surface area contributed by atoms with Gasteiger partial charge in [0, 0.05) is 27.5 Å². The first-order chi connectivity index (χ1) is 27.2. The minimum atomic E-state index is 0.584. The molecular formula is C51H33N3O. The highest BCUT2D eigenvalue weighted by molar-refractivity contribution is 6.14. The molecule has 10 aromatic rings. The Kier molecular flexibility index (Phi) is 8.12. The van der Waals surface area contributed by atoms with Gasteiger partial charge in [-0.2, -0.15) is 0 Å². The molecule has 0 fully saturated rings. The molecule has 0 aliphatic carbocycles. The zero-order chi connectivity index (χ0) is 36.6. The monoisotopic (exact) mass is 703 g/mol. The Morgan fingerprint density at radius 1 is 0.273 bits per heavy atom. The Labute approximate surface area is 319 Å². The summed E-state index contributed by atoms with van der Waals surface area (Å²) < 4.78 is 6.57. The van der Waals surface area contributed by atoms with Crippen molar-refractivity contribution in [3.63, 3.8) is 0 Å². The van der Waals surface area contributed by atoms with Crippen LogP contribution in [0.1, 0.15) is 0 Å². The van der Waals surface area contributed by atoms with Crippen LogP contribution >= 0.6 is 0 Å². The Balaban J connectivity index is 1.05. The third-order valence-electron chi connectivity index (χ3n) is 10.2. The van der Waals surface area contributed by atoms with Crippen LogP contribution in [-0.2, 0) is 0 Å². The summed E-state index contributed by atoms with van der Waals surface area (Å²) in [6, 6.07) is 69.3. The zero-order valence-corrected chi connectivity index (χ0v) is 29.8. The van der Waals surface area contributed by atoms with E-state index in [1.807, 2.05) is 42.5 Å². The third kappa shape index (κ3) is 6.16. The van der Waals surface area contributed by atoms with Crippen molar-refractivity contribution in [3.8, 4) is 78.7 Å². The van der Waals surface area contributed by atoms with E-state index in [4.69, 9.17) is 19.4 Å². The van der Waals surface area contributed by atoms with Crippen molar-refractivity contribution in [2.75, 3.05) is 0 Å². The van der Waals surface area contributed by atoms with Crippen molar-refractivity contribution in [1.82, 2.24) is 15.0 Å². The van der Waals surface area contributed by atoms with E-state index >= 15 is 0 Å². The number of hydrogen-bond acceptors (Lipinski definition) is 4. The lowest BCUT2D eigenvalue weighted by Crippen LogP contribution is -2.00. The van der Waals surface area contributed by atoms with Gasteiger partial charge in [-0.05, 0) is 68.8 Å². The van der Waals surface area contributed by atoms with Crippen molar-refractivity contribution in [2.24, 2.45) is 0 Å². The van der Waals surface area contributed by atoms with Crippen molar-refractivity contribution >= 4 is 21.9 Å². The van der Waals surface area contributed by atoms with Gasteiger partial charge >= 0.3 is 0 Å². The summed E-state index contributed by atoms with van der Waals surface area (Å²) in [6.45, 7) is 0. The van der Waals surface area contributed by atoms with Gasteiger partial charge in [-0.1, -0.05) is 176 Å². The van der Waals surface area contributed by atoms with Gasteiger partial charge < -0.3 is 4.42 Å². The molecule has 0 aliphatic heterocycles. The summed E-state index contributed by atoms with van der Waals surface area (Å²) in [7, 11) is 0. The predicted octanol–water partition coefficient (Wildman–Crippen LogP) is 13.4. The molecule has 0 N–H and O–H groups in total. The topological polar surface area (TPSA) is 51.8 Å². The number of nitrogens with zero attached hydrogens (tertiary/aromatic N) is 3. The molecule has 10 rings (SSSR count). The Morgan fingerprint density at radius 3 is 1.40 bits per heavy atom. The molecule has 258 valence electrons. The molecule has 55 heavy (non-hydrogen) atoms. The van der Waals surface area contributed by atoms with Crippen molar-refractivity contribution < 1.29 is 4.42 Å². The second-order valence-electron chi connectivity index (χ2n) is 13.6. The van der Waals surface area contributed by atoms with Crippen LogP contribution in [0.4, 0.5) is 0 Å². The third-order valence-corrected chi connectivity index (χ3v) is 10.2. The zero-order valence-electron chi connectivity index (χ0n) is 29.8. The highest BCUT2D eigenvalue weighted by Crippen LogP contribution is 2.41. The van der Waals surface area contributed by atoms with Crippen molar-refractivity contribution in [2.45, 2.75) is 0 Å². The number of benzene rings is 8. The molecule has 0 saturated carbocycles. The lowest BCUT2D eigenvalue weighted by molar-refractivity contribution is 0.669. The Bertz CT molecular complexity index is 2950. The molecule has 2 heterocycles. The smallest absolute Gasteiger partial charge is 0.164 e. The molecule has 2 aromatic heterocycles. The maximum Gasteiger partial charge on any atom is 0.164 e. The van der Waals surface area contributed by atoms with Crippen molar-refractivity contribution in [3.05, 3.63) is 200 Å². The van der Waals surface area contributed by atoms with E-state index in [2.05, 4.69) is 158 Å². The molecular weight excluding hydrogens is 671 g/mol. The van der Waals surface area contributed by atoms with Gasteiger partial charge in [0.25, 0.3) is 0 Å². The van der Waals surface area contributed by atoms with Crippen LogP contribution in [0.25, 0.3) is 101 Å². The van der Waals surface area contributed by atoms with Crippen LogP contribution in [0.15, 0.2) is 205 Å². The highest BCUT2D eigenvalue weighted by atomic mass is 16.3. The van der Waals surface area contributed by atoms with Gasteiger partial charge in [0.15, 0.2) is 17.5 Å². The summed E-state index contributed by atoms with van der Waals surface area (Å²) in [4.78, 5) is 15.1. The molecule has 0 atom stereocenters. The highest BCUT2D eigenvalue weighted by Gasteiger charge is 2.18. The number of fused-ring (bicyclic) bond motifs is 3. The summed E-state index contributed by atoms with van der Waals surface area (Å²) in [5.74, 6) is 1.81. The fraction of sp³-hybridized carbons (Fsp3) is 0. The standard InChI is InChI=1S/C51H33N3O/c1-4-14-34(15-5-1)39-20-12-21-40(32-39)35-26-28-38(29-27-35)50-52-49(37-18-8-3-9-19-37)53-51(54-50)41-30-31-45-47(33-41)55-46-25-13-24-44(48(45)46)43-23-11-10-22-42(43)36-16-6-2-7-17-36/h1-33H. The van der Waals surface area contributed by atoms with Crippen LogP contribution in [0.3, 0.4) is 0 Å². The minimum absolute atomic E-state index is 0.584. The number of aromatic nitrogens is 3. The summed E-state index contributed by atoms with van der Waals surface area (Å²) in [5, 5.41) is 2.13. The number of rotatable bonds is 7. The molecule has 0 amide bonds. The average Bonchev–Trinajstić information content (AvgIpc) is 3.66. The molecule has 0 bridgehead atoms. The second kappa shape index (κ2) is 13.8. The van der Waals surface area contributed by atoms with Gasteiger partial charge in [0.1, 0.15) is 11.2 Å². The van der Waals surface area contributed by atoms with Gasteiger partial charge in [-0.3, -0.25) is 0 Å². The normalized spacial score (nSPS) is 11.3. The molecule has 0 radical (unpaired) electrons. The first kappa shape index (κ1) is 32.2. The van der Waals surface area contributed by atoms with Gasteiger partial charge in [0.2, 0.25) is 0 Å². The van der Waals surface area contributed by atoms with E-state index in [9.17, 15) is 0 Å². The molecule has 0 unspecified atom stereocenters. The van der Waals surface area contributed by atoms with E-state index in [0.717, 1.165) is 60.9 Å². The van der Waals surface area contributed by atoms with Crippen LogP contribution in [0.5, 0.6) is 0 Å². The van der Waals surface area contributed by atoms with Gasteiger partial charge in [-0.25, -0.2) is 15.0 Å². The van der Waals surface area contributed by atoms with Crippen LogP contribution in [-0.4, -0.2) is 15.0 Å². The van der Waals surface area contributed by atoms with Gasteiger partial charge in [-0.15, -0.1) is 0 Å². The van der Waals surface area contributed by atoms with Crippen LogP contribution in [0, 0.1) is 0 Å². The van der Waals surface area contributed by atoms with Crippen LogP contribution in [0.2, 0.25) is 0 Å². The molecule has 0 aliphatic rings. The van der Waals surface area contributed by atoms with E-state index in [0.29, 0.717) is 17.5 Å². The first-order valence-corrected chi connectivity index (χ1v) is 18.4. The SMILES string of the molecule is c1ccc(-c2cccc(-c3ccc(-c4nc(-c5ccccc5)nc(-c5ccc6c(c5)oc5cccc(-c7ccccc7-c7ccccc7)c56)n4)cc3)c2)cc1. The molecule has 0 spiro atoms. The maximum absolute atomic E-state index is 6.57. The number of furan rings is 1.